The van der Waals surface area contributed by atoms with Crippen LogP contribution in [0.15, 0.2) is 24.3 Å². The Morgan fingerprint density at radius 3 is 2.29 bits per heavy atom. The molecule has 2 aromatic carbocycles. The highest BCUT2D eigenvalue weighted by atomic mass is 19.4. The lowest BCUT2D eigenvalue weighted by Gasteiger charge is -2.69. The molecule has 35 heavy (non-hydrogen) atoms. The summed E-state index contributed by atoms with van der Waals surface area (Å²) in [5.74, 6) is -4.27. The average Bonchev–Trinajstić information content (AvgIpc) is 2.66. The van der Waals surface area contributed by atoms with Crippen molar-refractivity contribution in [1.29, 1.82) is 0 Å². The number of carbonyl (C=O) groups is 2. The summed E-state index contributed by atoms with van der Waals surface area (Å²) in [5, 5.41) is 2.42. The first-order valence-electron chi connectivity index (χ1n) is 10.9. The molecule has 186 valence electrons. The Bertz CT molecular complexity index is 1230. The molecule has 3 saturated carbocycles. The number of halogens is 6. The molecule has 3 fully saturated rings. The van der Waals surface area contributed by atoms with Gasteiger partial charge in [-0.2, -0.15) is 13.2 Å². The number of ether oxygens (including phenoxy) is 1. The number of aryl methyl sites for hydroxylation is 1. The zero-order valence-corrected chi connectivity index (χ0v) is 18.7. The summed E-state index contributed by atoms with van der Waals surface area (Å²) in [6.45, 7) is 2.57. The van der Waals surface area contributed by atoms with Crippen LogP contribution in [0.3, 0.4) is 0 Å². The number of fused-ring (bicyclic) bond motifs is 1. The molecule has 0 saturated heterocycles. The summed E-state index contributed by atoms with van der Waals surface area (Å²) in [6, 6.07) is 4.16. The first kappa shape index (κ1) is 23.5. The maximum Gasteiger partial charge on any atom is 0.394 e. The summed E-state index contributed by atoms with van der Waals surface area (Å²) >= 11 is 0. The highest BCUT2D eigenvalue weighted by Crippen LogP contribution is 2.78. The molecule has 1 aliphatic heterocycles. The fraction of sp³-hybridized carbons (Fsp3) is 0.417. The zero-order valence-electron chi connectivity index (χ0n) is 18.7. The lowest BCUT2D eigenvalue weighted by Crippen LogP contribution is -2.71. The Morgan fingerprint density at radius 1 is 1.11 bits per heavy atom. The number of benzene rings is 2. The van der Waals surface area contributed by atoms with Crippen LogP contribution in [0.4, 0.5) is 37.7 Å². The first-order valence-corrected chi connectivity index (χ1v) is 10.9. The van der Waals surface area contributed by atoms with Crippen molar-refractivity contribution in [3.8, 4) is 5.75 Å². The van der Waals surface area contributed by atoms with Crippen molar-refractivity contribution >= 4 is 23.2 Å². The third kappa shape index (κ3) is 3.46. The molecule has 1 atom stereocenters. The number of rotatable bonds is 4. The van der Waals surface area contributed by atoms with E-state index in [-0.39, 0.29) is 54.1 Å². The lowest BCUT2D eigenvalue weighted by molar-refractivity contribution is -0.349. The van der Waals surface area contributed by atoms with Crippen LogP contribution in [0.5, 0.6) is 5.75 Å². The number of hydrogen-bond donors (Lipinski definition) is 1. The smallest absolute Gasteiger partial charge is 0.394 e. The van der Waals surface area contributed by atoms with E-state index in [0.717, 1.165) is 17.0 Å². The van der Waals surface area contributed by atoms with E-state index in [1.165, 1.54) is 19.9 Å². The fourth-order valence-electron chi connectivity index (χ4n) is 5.40. The van der Waals surface area contributed by atoms with E-state index in [1.807, 2.05) is 0 Å². The molecule has 0 spiro atoms. The molecule has 2 aromatic rings. The van der Waals surface area contributed by atoms with Gasteiger partial charge in [0.2, 0.25) is 5.91 Å². The second kappa shape index (κ2) is 7.38. The fourth-order valence-corrected chi connectivity index (χ4v) is 5.40. The van der Waals surface area contributed by atoms with Gasteiger partial charge in [-0.25, -0.2) is 13.2 Å². The van der Waals surface area contributed by atoms with Crippen molar-refractivity contribution in [3.63, 3.8) is 0 Å². The Labute approximate surface area is 196 Å². The summed E-state index contributed by atoms with van der Waals surface area (Å²) in [5.41, 5.74) is -2.92. The minimum atomic E-state index is -4.38. The number of carbonyl (C=O) groups excluding carboxylic acids is 2. The Balaban J connectivity index is 1.43. The molecule has 4 aliphatic rings. The third-order valence-electron chi connectivity index (χ3n) is 7.21. The highest BCUT2D eigenvalue weighted by molar-refractivity contribution is 6.02. The molecule has 1 N–H and O–H groups in total. The number of hydrogen-bond acceptors (Lipinski definition) is 3. The molecule has 3 aliphatic carbocycles. The predicted molar refractivity (Wildman–Crippen MR) is 112 cm³/mol. The van der Waals surface area contributed by atoms with Crippen LogP contribution >= 0.6 is 0 Å². The maximum absolute atomic E-state index is 15.5. The number of alkyl halides is 3. The van der Waals surface area contributed by atoms with Crippen LogP contribution in [-0.2, 0) is 16.1 Å². The Hall–Kier alpha value is -3.24. The van der Waals surface area contributed by atoms with Gasteiger partial charge in [0.05, 0.1) is 28.7 Å². The van der Waals surface area contributed by atoms with Gasteiger partial charge in [0.25, 0.3) is 5.91 Å². The molecule has 6 rings (SSSR count). The number of anilines is 2. The molecule has 2 amide bonds. The van der Waals surface area contributed by atoms with E-state index < -0.39 is 52.4 Å². The van der Waals surface area contributed by atoms with Crippen LogP contribution in [-0.4, -0.2) is 24.1 Å². The number of nitrogens with one attached hydrogen (secondary N) is 1. The van der Waals surface area contributed by atoms with Crippen molar-refractivity contribution in [2.45, 2.75) is 51.9 Å². The molecular formula is C24H20F6N2O3. The van der Waals surface area contributed by atoms with Gasteiger partial charge in [-0.3, -0.25) is 9.59 Å². The molecule has 1 heterocycles. The molecule has 5 nitrogen and oxygen atoms in total. The first-order chi connectivity index (χ1) is 16.3. The van der Waals surface area contributed by atoms with E-state index in [2.05, 4.69) is 5.32 Å². The summed E-state index contributed by atoms with van der Waals surface area (Å²) in [6.07, 6.45) is -6.51. The number of nitrogens with zero attached hydrogens (tertiary/aromatic N) is 1. The third-order valence-corrected chi connectivity index (χ3v) is 7.21. The van der Waals surface area contributed by atoms with Gasteiger partial charge >= 0.3 is 6.18 Å². The van der Waals surface area contributed by atoms with Crippen molar-refractivity contribution in [1.82, 2.24) is 0 Å². The molecule has 0 aromatic heterocycles. The van der Waals surface area contributed by atoms with Gasteiger partial charge in [0, 0.05) is 6.07 Å². The van der Waals surface area contributed by atoms with Crippen LogP contribution in [0.25, 0.3) is 0 Å². The van der Waals surface area contributed by atoms with Gasteiger partial charge in [-0.15, -0.1) is 0 Å². The minimum absolute atomic E-state index is 0.00677. The standard InChI is InChI=1S/C24H20F6N2O3/c1-11-3-16-19(35-12(2)20(33)32(16)7-13-4-14(25)6-15(26)5-13)17(27)18(11)31-21(34)22-8-23(9-22,10-22)24(28,29)30/h3-6,12H,7-10H2,1-2H3,(H,31,34). The molecule has 1 unspecified atom stereocenters. The van der Waals surface area contributed by atoms with Gasteiger partial charge in [-0.1, -0.05) is 0 Å². The summed E-state index contributed by atoms with van der Waals surface area (Å²) in [4.78, 5) is 26.7. The average molecular weight is 498 g/mol. The second-order valence-corrected chi connectivity index (χ2v) is 9.74. The quantitative estimate of drug-likeness (QED) is 0.575. The normalized spacial score (nSPS) is 26.9. The van der Waals surface area contributed by atoms with Gasteiger partial charge < -0.3 is 15.0 Å². The Kier molecular flexibility index (Phi) is 4.95. The van der Waals surface area contributed by atoms with Crippen LogP contribution < -0.4 is 15.0 Å². The van der Waals surface area contributed by atoms with Crippen molar-refractivity contribution in [2.24, 2.45) is 10.8 Å². The number of amides is 2. The zero-order chi connectivity index (χ0) is 25.5. The SMILES string of the molecule is Cc1cc2c(c(F)c1NC(=O)C13CC(C(F)(F)F)(C1)C3)OC(C)C(=O)N2Cc1cc(F)cc(F)c1. The van der Waals surface area contributed by atoms with Crippen LogP contribution in [0.2, 0.25) is 0 Å². The monoisotopic (exact) mass is 498 g/mol. The topological polar surface area (TPSA) is 58.6 Å². The largest absolute Gasteiger partial charge is 0.476 e. The van der Waals surface area contributed by atoms with Crippen molar-refractivity contribution in [3.05, 3.63) is 52.8 Å². The molecule has 11 heteroatoms. The summed E-state index contributed by atoms with van der Waals surface area (Å²) in [7, 11) is 0. The predicted octanol–water partition coefficient (Wildman–Crippen LogP) is 5.40. The van der Waals surface area contributed by atoms with Gasteiger partial charge in [-0.05, 0) is 62.4 Å². The van der Waals surface area contributed by atoms with Gasteiger partial charge in [0.15, 0.2) is 17.7 Å². The van der Waals surface area contributed by atoms with Gasteiger partial charge in [0.1, 0.15) is 11.6 Å². The molecular weight excluding hydrogens is 478 g/mol. The van der Waals surface area contributed by atoms with Crippen molar-refractivity contribution in [2.75, 3.05) is 10.2 Å². The Morgan fingerprint density at radius 2 is 1.71 bits per heavy atom. The van der Waals surface area contributed by atoms with E-state index in [0.29, 0.717) is 6.07 Å². The van der Waals surface area contributed by atoms with Crippen LogP contribution in [0.1, 0.15) is 37.3 Å². The van der Waals surface area contributed by atoms with E-state index in [1.54, 1.807) is 0 Å². The van der Waals surface area contributed by atoms with E-state index >= 15 is 4.39 Å². The van der Waals surface area contributed by atoms with Crippen molar-refractivity contribution < 1.29 is 40.7 Å². The maximum atomic E-state index is 15.5. The summed E-state index contributed by atoms with van der Waals surface area (Å²) < 4.78 is 87.6. The van der Waals surface area contributed by atoms with E-state index in [9.17, 15) is 31.5 Å². The van der Waals surface area contributed by atoms with Crippen LogP contribution in [0, 0.1) is 35.2 Å². The molecule has 2 bridgehead atoms. The van der Waals surface area contributed by atoms with E-state index in [4.69, 9.17) is 4.74 Å². The highest BCUT2D eigenvalue weighted by Gasteiger charge is 2.80. The lowest BCUT2D eigenvalue weighted by atomic mass is 9.34. The minimum Gasteiger partial charge on any atom is -0.476 e. The second-order valence-electron chi connectivity index (χ2n) is 9.74. The molecule has 0 radical (unpaired) electrons.